The van der Waals surface area contributed by atoms with E-state index in [-0.39, 0.29) is 12.6 Å². The van der Waals surface area contributed by atoms with Crippen LogP contribution in [0.5, 0.6) is 5.75 Å². The van der Waals surface area contributed by atoms with Crippen molar-refractivity contribution in [3.8, 4) is 5.75 Å². The van der Waals surface area contributed by atoms with Gasteiger partial charge in [-0.2, -0.15) is 0 Å². The van der Waals surface area contributed by atoms with Crippen molar-refractivity contribution < 1.29 is 14.6 Å². The summed E-state index contributed by atoms with van der Waals surface area (Å²) in [5.74, 6) is 1.39. The lowest BCUT2D eigenvalue weighted by atomic mass is 9.84. The number of hydrogen-bond donors (Lipinski definition) is 1. The smallest absolute Gasteiger partial charge is 0.228 e. The maximum atomic E-state index is 12.1. The lowest BCUT2D eigenvalue weighted by Gasteiger charge is -2.43. The molecule has 1 saturated carbocycles. The Balaban J connectivity index is 1.12. The molecule has 2 heterocycles. The number of aliphatic hydroxyl groups is 1. The second-order valence-corrected chi connectivity index (χ2v) is 11.7. The number of ether oxygens (including phenoxy) is 1. The number of nitrogens with zero attached hydrogens (tertiary/aromatic N) is 4. The zero-order valence-electron chi connectivity index (χ0n) is 21.9. The molecule has 1 N–H and O–H groups in total. The van der Waals surface area contributed by atoms with Crippen LogP contribution in [0.1, 0.15) is 55.5 Å². The van der Waals surface area contributed by atoms with Gasteiger partial charge in [-0.05, 0) is 62.4 Å². The standard InChI is InChI=1S/C29H38N4O3S/c1-21-17-32(33(20-34)25-10-8-24(9-11-25)23-6-4-3-5-7-23)15-14-31(21)18-26(35)19-36-27-12-13-29-28(16-27)30-22(2)37-29/h8-13,16,20-21,23,26,35H,3-7,14-15,17-19H2,1-2H3/t21-,26+/m0/s1. The number of carbonyl (C=O) groups excluding carboxylic acids is 1. The van der Waals surface area contributed by atoms with Gasteiger partial charge in [0.2, 0.25) is 6.41 Å². The Labute approximate surface area is 223 Å². The van der Waals surface area contributed by atoms with Gasteiger partial charge in [0.15, 0.2) is 0 Å². The minimum absolute atomic E-state index is 0.196. The number of thiazole rings is 1. The highest BCUT2D eigenvalue weighted by Crippen LogP contribution is 2.33. The third kappa shape index (κ3) is 6.32. The van der Waals surface area contributed by atoms with Crippen molar-refractivity contribution in [3.63, 3.8) is 0 Å². The fraction of sp³-hybridized carbons (Fsp3) is 0.517. The lowest BCUT2D eigenvalue weighted by Crippen LogP contribution is -2.58. The third-order valence-electron chi connectivity index (χ3n) is 7.74. The van der Waals surface area contributed by atoms with Crippen LogP contribution in [0.3, 0.4) is 0 Å². The second kappa shape index (κ2) is 11.9. The molecule has 0 bridgehead atoms. The van der Waals surface area contributed by atoms with Gasteiger partial charge in [-0.15, -0.1) is 11.3 Å². The summed E-state index contributed by atoms with van der Waals surface area (Å²) in [6.07, 6.45) is 6.85. The molecule has 0 unspecified atom stereocenters. The highest BCUT2D eigenvalue weighted by atomic mass is 32.1. The molecule has 1 amide bonds. The predicted molar refractivity (Wildman–Crippen MR) is 149 cm³/mol. The molecular weight excluding hydrogens is 484 g/mol. The second-order valence-electron chi connectivity index (χ2n) is 10.5. The van der Waals surface area contributed by atoms with Gasteiger partial charge < -0.3 is 9.84 Å². The van der Waals surface area contributed by atoms with Crippen molar-refractivity contribution in [1.82, 2.24) is 14.9 Å². The average Bonchev–Trinajstić information content (AvgIpc) is 3.29. The average molecular weight is 523 g/mol. The fourth-order valence-corrected chi connectivity index (χ4v) is 6.50. The van der Waals surface area contributed by atoms with E-state index in [0.717, 1.165) is 52.7 Å². The van der Waals surface area contributed by atoms with E-state index in [2.05, 4.69) is 46.1 Å². The number of aliphatic hydroxyl groups excluding tert-OH is 1. The topological polar surface area (TPSA) is 69.1 Å². The van der Waals surface area contributed by atoms with Gasteiger partial charge in [-0.1, -0.05) is 31.4 Å². The summed E-state index contributed by atoms with van der Waals surface area (Å²) >= 11 is 1.67. The van der Waals surface area contributed by atoms with Crippen LogP contribution in [-0.2, 0) is 4.79 Å². The summed E-state index contributed by atoms with van der Waals surface area (Å²) < 4.78 is 7.01. The van der Waals surface area contributed by atoms with Gasteiger partial charge in [0.25, 0.3) is 0 Å². The van der Waals surface area contributed by atoms with Gasteiger partial charge in [-0.25, -0.2) is 15.0 Å². The highest BCUT2D eigenvalue weighted by molar-refractivity contribution is 7.18. The number of anilines is 1. The van der Waals surface area contributed by atoms with Crippen LogP contribution in [-0.4, -0.2) is 71.3 Å². The van der Waals surface area contributed by atoms with Crippen molar-refractivity contribution in [2.24, 2.45) is 0 Å². The molecule has 8 heteroatoms. The first-order chi connectivity index (χ1) is 18.0. The normalized spacial score (nSPS) is 20.7. The first-order valence-corrected chi connectivity index (χ1v) is 14.3. The van der Waals surface area contributed by atoms with Gasteiger partial charge >= 0.3 is 0 Å². The Hall–Kier alpha value is -2.52. The number of aryl methyl sites for hydroxylation is 1. The molecule has 0 radical (unpaired) electrons. The number of hydrazine groups is 1. The minimum atomic E-state index is -0.601. The lowest BCUT2D eigenvalue weighted by molar-refractivity contribution is -0.111. The molecule has 1 aliphatic heterocycles. The highest BCUT2D eigenvalue weighted by Gasteiger charge is 2.29. The van der Waals surface area contributed by atoms with Crippen LogP contribution in [0.2, 0.25) is 0 Å². The van der Waals surface area contributed by atoms with Crippen LogP contribution >= 0.6 is 11.3 Å². The molecule has 2 aliphatic rings. The summed E-state index contributed by atoms with van der Waals surface area (Å²) in [6, 6.07) is 14.7. The number of rotatable bonds is 9. The van der Waals surface area contributed by atoms with E-state index in [1.54, 1.807) is 16.3 Å². The molecule has 37 heavy (non-hydrogen) atoms. The molecule has 7 nitrogen and oxygen atoms in total. The zero-order valence-corrected chi connectivity index (χ0v) is 22.7. The number of benzene rings is 2. The maximum Gasteiger partial charge on any atom is 0.228 e. The van der Waals surface area contributed by atoms with Gasteiger partial charge in [0.1, 0.15) is 18.5 Å². The van der Waals surface area contributed by atoms with E-state index >= 15 is 0 Å². The van der Waals surface area contributed by atoms with Crippen LogP contribution in [0.15, 0.2) is 42.5 Å². The molecule has 2 aromatic carbocycles. The number of aromatic nitrogens is 1. The number of piperazine rings is 1. The maximum absolute atomic E-state index is 12.1. The quantitative estimate of drug-likeness (QED) is 0.400. The third-order valence-corrected chi connectivity index (χ3v) is 8.69. The van der Waals surface area contributed by atoms with Crippen LogP contribution in [0.4, 0.5) is 5.69 Å². The Morgan fingerprint density at radius 3 is 2.68 bits per heavy atom. The molecule has 0 spiro atoms. The zero-order chi connectivity index (χ0) is 25.8. The number of carbonyl (C=O) groups is 1. The largest absolute Gasteiger partial charge is 0.491 e. The fourth-order valence-electron chi connectivity index (χ4n) is 5.70. The van der Waals surface area contributed by atoms with Gasteiger partial charge in [-0.3, -0.25) is 9.69 Å². The summed E-state index contributed by atoms with van der Waals surface area (Å²) in [4.78, 5) is 18.9. The van der Waals surface area contributed by atoms with Crippen molar-refractivity contribution in [1.29, 1.82) is 0 Å². The first-order valence-electron chi connectivity index (χ1n) is 13.5. The molecule has 1 aromatic heterocycles. The summed E-state index contributed by atoms with van der Waals surface area (Å²) in [5.41, 5.74) is 3.24. The van der Waals surface area contributed by atoms with Gasteiger partial charge in [0, 0.05) is 38.3 Å². The molecule has 2 fully saturated rings. The van der Waals surface area contributed by atoms with E-state index in [1.807, 2.05) is 25.1 Å². The molecule has 1 saturated heterocycles. The number of hydrogen-bond acceptors (Lipinski definition) is 7. The Bertz CT molecular complexity index is 1180. The SMILES string of the molecule is Cc1nc2cc(OC[C@H](O)CN3CCN(N(C=O)c4ccc(C5CCCCC5)cc4)C[C@@H]3C)ccc2s1. The minimum Gasteiger partial charge on any atom is -0.491 e. The van der Waals surface area contributed by atoms with E-state index in [4.69, 9.17) is 4.74 Å². The van der Waals surface area contributed by atoms with E-state index < -0.39 is 6.10 Å². The number of amides is 1. The summed E-state index contributed by atoms with van der Waals surface area (Å²) in [6.45, 7) is 7.12. The van der Waals surface area contributed by atoms with Crippen LogP contribution in [0, 0.1) is 6.92 Å². The molecule has 1 aliphatic carbocycles. The molecular formula is C29H38N4O3S. The molecule has 3 aromatic rings. The van der Waals surface area contributed by atoms with Crippen LogP contribution in [0.25, 0.3) is 10.2 Å². The Morgan fingerprint density at radius 2 is 1.95 bits per heavy atom. The Morgan fingerprint density at radius 1 is 1.16 bits per heavy atom. The van der Waals surface area contributed by atoms with E-state index in [0.29, 0.717) is 12.5 Å². The summed E-state index contributed by atoms with van der Waals surface area (Å²) in [7, 11) is 0. The van der Waals surface area contributed by atoms with Gasteiger partial charge in [0.05, 0.1) is 20.9 Å². The molecule has 5 rings (SSSR count). The molecule has 2 atom stereocenters. The first kappa shape index (κ1) is 26.1. The van der Waals surface area contributed by atoms with E-state index in [1.165, 1.54) is 37.7 Å². The summed E-state index contributed by atoms with van der Waals surface area (Å²) in [5, 5.41) is 15.6. The van der Waals surface area contributed by atoms with Crippen molar-refractivity contribution in [2.45, 2.75) is 64.0 Å². The number of β-amino-alcohol motifs (C(OH)–C–C–N with tert-alkyl or cyclic N) is 1. The van der Waals surface area contributed by atoms with Crippen molar-refractivity contribution in [2.75, 3.05) is 37.8 Å². The predicted octanol–water partition coefficient (Wildman–Crippen LogP) is 4.98. The van der Waals surface area contributed by atoms with Crippen molar-refractivity contribution in [3.05, 3.63) is 53.0 Å². The monoisotopic (exact) mass is 522 g/mol. The Kier molecular flexibility index (Phi) is 8.39. The van der Waals surface area contributed by atoms with Crippen molar-refractivity contribution >= 4 is 33.7 Å². The van der Waals surface area contributed by atoms with E-state index in [9.17, 15) is 9.90 Å². The van der Waals surface area contributed by atoms with Crippen LogP contribution < -0.4 is 9.75 Å². The molecule has 198 valence electrons. The number of fused-ring (bicyclic) bond motifs is 1.